The fourth-order valence-electron chi connectivity index (χ4n) is 3.08. The molecule has 0 saturated carbocycles. The van der Waals surface area contributed by atoms with Crippen LogP contribution in [0.1, 0.15) is 50.8 Å². The number of nitrogens with zero attached hydrogens (tertiary/aromatic N) is 2. The van der Waals surface area contributed by atoms with Crippen LogP contribution in [0.25, 0.3) is 0 Å². The summed E-state index contributed by atoms with van der Waals surface area (Å²) in [5.74, 6) is 0.619. The first-order chi connectivity index (χ1) is 14.1. The van der Waals surface area contributed by atoms with Crippen molar-refractivity contribution < 1.29 is 19.1 Å². The van der Waals surface area contributed by atoms with E-state index in [0.29, 0.717) is 24.6 Å². The van der Waals surface area contributed by atoms with Crippen molar-refractivity contribution in [3.8, 4) is 5.75 Å². The molecule has 0 unspecified atom stereocenters. The van der Waals surface area contributed by atoms with Gasteiger partial charge in [-0.15, -0.1) is 0 Å². The predicted molar refractivity (Wildman–Crippen MR) is 117 cm³/mol. The molecular weight excluding hydrogens is 402 g/mol. The second kappa shape index (κ2) is 9.04. The zero-order valence-electron chi connectivity index (χ0n) is 18.2. The van der Waals surface area contributed by atoms with Gasteiger partial charge < -0.3 is 19.7 Å². The normalized spacial score (nSPS) is 13.7. The molecule has 0 radical (unpaired) electrons. The average Bonchev–Trinajstić information content (AvgIpc) is 3.00. The molecule has 0 saturated heterocycles. The highest BCUT2D eigenvalue weighted by molar-refractivity contribution is 7.15. The summed E-state index contributed by atoms with van der Waals surface area (Å²) in [4.78, 5) is 32.0. The third-order valence-corrected chi connectivity index (χ3v) is 5.26. The minimum absolute atomic E-state index is 0.0796. The molecule has 2 heterocycles. The van der Waals surface area contributed by atoms with E-state index in [1.165, 1.54) is 11.3 Å². The van der Waals surface area contributed by atoms with Crippen LogP contribution in [0.2, 0.25) is 0 Å². The molecule has 7 nitrogen and oxygen atoms in total. The SMILES string of the molecule is CC(C)Oc1cccc(CC(=O)Nc2nc3c(s2)CN(C(=O)OC(C)(C)C)CC3)c1. The molecule has 1 aliphatic rings. The summed E-state index contributed by atoms with van der Waals surface area (Å²) in [6, 6.07) is 7.55. The highest BCUT2D eigenvalue weighted by atomic mass is 32.1. The van der Waals surface area contributed by atoms with E-state index >= 15 is 0 Å². The molecule has 3 rings (SSSR count). The fraction of sp³-hybridized carbons (Fsp3) is 0.500. The van der Waals surface area contributed by atoms with Crippen LogP contribution in [-0.4, -0.2) is 40.1 Å². The molecule has 0 spiro atoms. The number of fused-ring (bicyclic) bond motifs is 1. The molecule has 30 heavy (non-hydrogen) atoms. The maximum atomic E-state index is 12.5. The van der Waals surface area contributed by atoms with E-state index in [1.54, 1.807) is 4.90 Å². The largest absolute Gasteiger partial charge is 0.491 e. The topological polar surface area (TPSA) is 80.8 Å². The average molecular weight is 432 g/mol. The first kappa shape index (κ1) is 22.1. The van der Waals surface area contributed by atoms with Gasteiger partial charge in [0.2, 0.25) is 5.91 Å². The Kier molecular flexibility index (Phi) is 6.65. The smallest absolute Gasteiger partial charge is 0.410 e. The number of hydrogen-bond acceptors (Lipinski definition) is 6. The molecule has 8 heteroatoms. The molecule has 1 aromatic heterocycles. The number of hydrogen-bond donors (Lipinski definition) is 1. The monoisotopic (exact) mass is 431 g/mol. The molecule has 2 amide bonds. The summed E-state index contributed by atoms with van der Waals surface area (Å²) in [7, 11) is 0. The van der Waals surface area contributed by atoms with Gasteiger partial charge in [0, 0.05) is 17.8 Å². The number of carbonyl (C=O) groups is 2. The Labute approximate surface area is 181 Å². The van der Waals surface area contributed by atoms with Crippen LogP contribution in [0.5, 0.6) is 5.75 Å². The van der Waals surface area contributed by atoms with Crippen molar-refractivity contribution in [1.82, 2.24) is 9.88 Å². The van der Waals surface area contributed by atoms with Crippen molar-refractivity contribution >= 4 is 28.5 Å². The van der Waals surface area contributed by atoms with Crippen LogP contribution in [0.3, 0.4) is 0 Å². The Morgan fingerprint density at radius 2 is 2.07 bits per heavy atom. The van der Waals surface area contributed by atoms with Crippen molar-refractivity contribution in [3.05, 3.63) is 40.4 Å². The first-order valence-corrected chi connectivity index (χ1v) is 10.9. The lowest BCUT2D eigenvalue weighted by Crippen LogP contribution is -2.39. The Balaban J connectivity index is 1.59. The zero-order valence-corrected chi connectivity index (χ0v) is 19.0. The number of rotatable bonds is 5. The lowest BCUT2D eigenvalue weighted by Gasteiger charge is -2.29. The van der Waals surface area contributed by atoms with Crippen LogP contribution in [0, 0.1) is 0 Å². The van der Waals surface area contributed by atoms with Crippen molar-refractivity contribution in [2.75, 3.05) is 11.9 Å². The van der Waals surface area contributed by atoms with Gasteiger partial charge in [-0.2, -0.15) is 0 Å². The quantitative estimate of drug-likeness (QED) is 0.759. The molecule has 0 aliphatic carbocycles. The number of benzene rings is 1. The lowest BCUT2D eigenvalue weighted by molar-refractivity contribution is -0.115. The Bertz CT molecular complexity index is 917. The number of carbonyl (C=O) groups excluding carboxylic acids is 2. The fourth-order valence-corrected chi connectivity index (χ4v) is 4.12. The van der Waals surface area contributed by atoms with Crippen molar-refractivity contribution in [2.45, 2.75) is 65.7 Å². The summed E-state index contributed by atoms with van der Waals surface area (Å²) in [5.41, 5.74) is 1.28. The van der Waals surface area contributed by atoms with E-state index in [1.807, 2.05) is 58.9 Å². The molecule has 1 aliphatic heterocycles. The van der Waals surface area contributed by atoms with Gasteiger partial charge >= 0.3 is 6.09 Å². The molecule has 2 aromatic rings. The van der Waals surface area contributed by atoms with E-state index in [0.717, 1.165) is 21.9 Å². The molecule has 162 valence electrons. The van der Waals surface area contributed by atoms with Gasteiger partial charge in [-0.25, -0.2) is 9.78 Å². The van der Waals surface area contributed by atoms with Crippen LogP contribution < -0.4 is 10.1 Å². The second-order valence-electron chi connectivity index (χ2n) is 8.58. The number of aromatic nitrogens is 1. The van der Waals surface area contributed by atoms with Gasteiger partial charge in [0.1, 0.15) is 11.4 Å². The number of anilines is 1. The summed E-state index contributed by atoms with van der Waals surface area (Å²) >= 11 is 1.41. The third-order valence-electron chi connectivity index (χ3n) is 4.26. The molecular formula is C22H29N3O4S. The molecule has 1 aromatic carbocycles. The minimum atomic E-state index is -0.526. The summed E-state index contributed by atoms with van der Waals surface area (Å²) in [5, 5.41) is 3.44. The number of nitrogens with one attached hydrogen (secondary N) is 1. The number of ether oxygens (including phenoxy) is 2. The predicted octanol–water partition coefficient (Wildman–Crippen LogP) is 4.40. The van der Waals surface area contributed by atoms with E-state index in [2.05, 4.69) is 10.3 Å². The van der Waals surface area contributed by atoms with Crippen LogP contribution in [-0.2, 0) is 28.9 Å². The van der Waals surface area contributed by atoms with Gasteiger partial charge in [0.15, 0.2) is 5.13 Å². The number of thiazole rings is 1. The molecule has 0 atom stereocenters. The first-order valence-electron chi connectivity index (χ1n) is 10.1. The van der Waals surface area contributed by atoms with Crippen LogP contribution in [0.15, 0.2) is 24.3 Å². The van der Waals surface area contributed by atoms with E-state index < -0.39 is 5.60 Å². The molecule has 0 bridgehead atoms. The van der Waals surface area contributed by atoms with Crippen molar-refractivity contribution in [3.63, 3.8) is 0 Å². The summed E-state index contributed by atoms with van der Waals surface area (Å²) in [6.45, 7) is 10.5. The van der Waals surface area contributed by atoms with Gasteiger partial charge in [-0.05, 0) is 52.3 Å². The van der Waals surface area contributed by atoms with Gasteiger partial charge in [-0.3, -0.25) is 4.79 Å². The molecule has 0 fully saturated rings. The summed E-state index contributed by atoms with van der Waals surface area (Å²) in [6.07, 6.45) is 0.644. The number of amides is 2. The second-order valence-corrected chi connectivity index (χ2v) is 9.66. The Morgan fingerprint density at radius 3 is 2.77 bits per heavy atom. The van der Waals surface area contributed by atoms with Crippen LogP contribution >= 0.6 is 11.3 Å². The summed E-state index contributed by atoms with van der Waals surface area (Å²) < 4.78 is 11.1. The lowest BCUT2D eigenvalue weighted by atomic mass is 10.1. The third kappa shape index (κ3) is 6.19. The zero-order chi connectivity index (χ0) is 21.9. The Morgan fingerprint density at radius 1 is 1.30 bits per heavy atom. The highest BCUT2D eigenvalue weighted by Crippen LogP contribution is 2.29. The maximum Gasteiger partial charge on any atom is 0.410 e. The van der Waals surface area contributed by atoms with E-state index in [4.69, 9.17) is 9.47 Å². The van der Waals surface area contributed by atoms with Gasteiger partial charge in [0.05, 0.1) is 24.8 Å². The van der Waals surface area contributed by atoms with Gasteiger partial charge in [-0.1, -0.05) is 23.5 Å². The van der Waals surface area contributed by atoms with E-state index in [-0.39, 0.29) is 24.5 Å². The Hall–Kier alpha value is -2.61. The van der Waals surface area contributed by atoms with Gasteiger partial charge in [0.25, 0.3) is 0 Å². The van der Waals surface area contributed by atoms with Crippen molar-refractivity contribution in [2.24, 2.45) is 0 Å². The standard InChI is InChI=1S/C22H29N3O4S/c1-14(2)28-16-8-6-7-15(11-16)12-19(26)24-20-23-17-9-10-25(13-18(17)30-20)21(27)29-22(3,4)5/h6-8,11,14H,9-10,12-13H2,1-5H3,(H,23,24,26). The van der Waals surface area contributed by atoms with Crippen molar-refractivity contribution in [1.29, 1.82) is 0 Å². The van der Waals surface area contributed by atoms with Crippen LogP contribution in [0.4, 0.5) is 9.93 Å². The minimum Gasteiger partial charge on any atom is -0.491 e. The van der Waals surface area contributed by atoms with E-state index in [9.17, 15) is 9.59 Å². The molecule has 1 N–H and O–H groups in total. The highest BCUT2D eigenvalue weighted by Gasteiger charge is 2.28. The maximum absolute atomic E-state index is 12.5.